The van der Waals surface area contributed by atoms with Gasteiger partial charge in [0.15, 0.2) is 0 Å². The van der Waals surface area contributed by atoms with Gasteiger partial charge in [-0.25, -0.2) is 5.84 Å². The fourth-order valence-corrected chi connectivity index (χ4v) is 1.18. The summed E-state index contributed by atoms with van der Waals surface area (Å²) in [5, 5.41) is 11.1. The molecule has 0 bridgehead atoms. The van der Waals surface area contributed by atoms with Gasteiger partial charge in [0.05, 0.1) is 17.8 Å². The normalized spacial score (nSPS) is 12.6. The summed E-state index contributed by atoms with van der Waals surface area (Å²) in [5.41, 5.74) is 6.07. The van der Waals surface area contributed by atoms with E-state index >= 15 is 0 Å². The van der Waals surface area contributed by atoms with Gasteiger partial charge in [-0.2, -0.15) is 0 Å². The van der Waals surface area contributed by atoms with Gasteiger partial charge in [0.2, 0.25) is 0 Å². The number of nitrogens with zero attached hydrogens (tertiary/aromatic N) is 1. The van der Waals surface area contributed by atoms with Crippen LogP contribution in [0.25, 0.3) is 0 Å². The third-order valence-corrected chi connectivity index (χ3v) is 2.22. The van der Waals surface area contributed by atoms with E-state index in [4.69, 9.17) is 11.6 Å². The number of rotatable bonds is 4. The predicted octanol–water partition coefficient (Wildman–Crippen LogP) is 0.933. The molecule has 4 heteroatoms. The summed E-state index contributed by atoms with van der Waals surface area (Å²) in [6, 6.07) is 9.81. The Morgan fingerprint density at radius 2 is 1.94 bits per heavy atom. The van der Waals surface area contributed by atoms with E-state index in [1.165, 1.54) is 5.01 Å². The molecule has 0 aromatic heterocycles. The predicted molar refractivity (Wildman–Crippen MR) is 64.7 cm³/mol. The number of aliphatic hydroxyl groups is 1. The molecule has 0 aliphatic carbocycles. The molecular formula is C12H19N3O. The second-order valence-electron chi connectivity index (χ2n) is 4.30. The molecule has 0 heterocycles. The zero-order valence-electron chi connectivity index (χ0n) is 9.72. The Morgan fingerprint density at radius 3 is 2.44 bits per heavy atom. The van der Waals surface area contributed by atoms with Crippen LogP contribution in [0.3, 0.4) is 0 Å². The molecule has 0 amide bonds. The number of hydrogen-bond acceptors (Lipinski definition) is 4. The Balaban J connectivity index is 2.64. The molecule has 0 radical (unpaired) electrons. The molecule has 0 saturated carbocycles. The molecule has 1 aromatic carbocycles. The van der Waals surface area contributed by atoms with Crippen molar-refractivity contribution in [2.75, 3.05) is 0 Å². The van der Waals surface area contributed by atoms with Gasteiger partial charge in [0.25, 0.3) is 0 Å². The van der Waals surface area contributed by atoms with E-state index in [1.807, 2.05) is 30.3 Å². The van der Waals surface area contributed by atoms with Crippen molar-refractivity contribution in [2.24, 2.45) is 11.6 Å². The maximum Gasteiger partial charge on any atom is 0.0997 e. The topological polar surface area (TPSA) is 75.5 Å². The van der Waals surface area contributed by atoms with Gasteiger partial charge in [-0.1, -0.05) is 30.3 Å². The van der Waals surface area contributed by atoms with Gasteiger partial charge in [-0.15, -0.1) is 0 Å². The third kappa shape index (κ3) is 3.92. The average Bonchev–Trinajstić information content (AvgIpc) is 2.17. The van der Waals surface area contributed by atoms with Crippen molar-refractivity contribution in [1.29, 1.82) is 0 Å². The van der Waals surface area contributed by atoms with E-state index in [-0.39, 0.29) is 0 Å². The Kier molecular flexibility index (Phi) is 3.93. The Bertz CT molecular complexity index is 354. The Hall–Kier alpha value is -1.52. The summed E-state index contributed by atoms with van der Waals surface area (Å²) in [6.07, 6.45) is 1.55. The van der Waals surface area contributed by atoms with Crippen molar-refractivity contribution in [2.45, 2.75) is 26.0 Å². The van der Waals surface area contributed by atoms with Crippen LogP contribution in [0.15, 0.2) is 42.2 Å². The summed E-state index contributed by atoms with van der Waals surface area (Å²) in [7, 11) is 0. The third-order valence-electron chi connectivity index (χ3n) is 2.22. The molecule has 0 saturated heterocycles. The second-order valence-corrected chi connectivity index (χ2v) is 4.30. The fourth-order valence-electron chi connectivity index (χ4n) is 1.18. The molecule has 0 fully saturated rings. The number of hydrazine groups is 1. The molecule has 0 aliphatic heterocycles. The highest BCUT2D eigenvalue weighted by molar-refractivity contribution is 5.15. The fraction of sp³-hybridized carbons (Fsp3) is 0.333. The van der Waals surface area contributed by atoms with Gasteiger partial charge in [0.1, 0.15) is 0 Å². The first-order valence-corrected chi connectivity index (χ1v) is 5.15. The van der Waals surface area contributed by atoms with E-state index in [9.17, 15) is 5.11 Å². The minimum Gasteiger partial charge on any atom is -0.398 e. The summed E-state index contributed by atoms with van der Waals surface area (Å²) in [4.78, 5) is 0. The molecule has 0 unspecified atom stereocenters. The van der Waals surface area contributed by atoms with Crippen molar-refractivity contribution in [1.82, 2.24) is 5.01 Å². The monoisotopic (exact) mass is 221 g/mol. The first-order valence-electron chi connectivity index (χ1n) is 5.15. The van der Waals surface area contributed by atoms with E-state index in [1.54, 1.807) is 20.0 Å². The van der Waals surface area contributed by atoms with E-state index in [2.05, 4.69) is 0 Å². The summed E-state index contributed by atoms with van der Waals surface area (Å²) >= 11 is 0. The van der Waals surface area contributed by atoms with Crippen molar-refractivity contribution in [3.05, 3.63) is 47.8 Å². The van der Waals surface area contributed by atoms with Crippen molar-refractivity contribution in [3.8, 4) is 0 Å². The van der Waals surface area contributed by atoms with Gasteiger partial charge < -0.3 is 15.8 Å². The van der Waals surface area contributed by atoms with Crippen molar-refractivity contribution >= 4 is 0 Å². The van der Waals surface area contributed by atoms with Crippen LogP contribution < -0.4 is 11.6 Å². The van der Waals surface area contributed by atoms with Crippen molar-refractivity contribution in [3.63, 3.8) is 0 Å². The van der Waals surface area contributed by atoms with Crippen LogP contribution in [0.4, 0.5) is 0 Å². The SMILES string of the molecule is CC(C)(O)/C(N)=C/N(N)Cc1ccccc1. The lowest BCUT2D eigenvalue weighted by molar-refractivity contribution is 0.115. The second kappa shape index (κ2) is 5.01. The summed E-state index contributed by atoms with van der Waals surface area (Å²) in [5.74, 6) is 5.77. The lowest BCUT2D eigenvalue weighted by Gasteiger charge is -2.21. The van der Waals surface area contributed by atoms with Gasteiger partial charge >= 0.3 is 0 Å². The van der Waals surface area contributed by atoms with Crippen LogP contribution >= 0.6 is 0 Å². The van der Waals surface area contributed by atoms with Crippen LogP contribution in [0.5, 0.6) is 0 Å². The first-order chi connectivity index (χ1) is 7.39. The molecule has 1 aromatic rings. The number of benzene rings is 1. The standard InChI is InChI=1S/C12H19N3O/c1-12(2,16)11(13)9-15(14)8-10-6-4-3-5-7-10/h3-7,9,16H,8,13-14H2,1-2H3/b11-9-. The Morgan fingerprint density at radius 1 is 1.38 bits per heavy atom. The van der Waals surface area contributed by atoms with Crippen molar-refractivity contribution < 1.29 is 5.11 Å². The molecule has 5 N–H and O–H groups in total. The van der Waals surface area contributed by atoms with Crippen LogP contribution in [0.1, 0.15) is 19.4 Å². The molecule has 0 atom stereocenters. The van der Waals surface area contributed by atoms with Crippen LogP contribution in [-0.2, 0) is 6.54 Å². The summed E-state index contributed by atoms with van der Waals surface area (Å²) in [6.45, 7) is 3.79. The zero-order chi connectivity index (χ0) is 12.2. The van der Waals surface area contributed by atoms with Crippen LogP contribution in [0, 0.1) is 0 Å². The maximum absolute atomic E-state index is 9.63. The van der Waals surface area contributed by atoms with Gasteiger partial charge in [-0.05, 0) is 19.4 Å². The zero-order valence-corrected chi connectivity index (χ0v) is 9.72. The lowest BCUT2D eigenvalue weighted by Crippen LogP contribution is -2.33. The smallest absolute Gasteiger partial charge is 0.0997 e. The molecule has 0 spiro atoms. The average molecular weight is 221 g/mol. The lowest BCUT2D eigenvalue weighted by atomic mass is 10.1. The number of hydrogen-bond donors (Lipinski definition) is 3. The quantitative estimate of drug-likeness (QED) is 0.522. The highest BCUT2D eigenvalue weighted by Crippen LogP contribution is 2.10. The minimum absolute atomic E-state index is 0.339. The molecule has 4 nitrogen and oxygen atoms in total. The first kappa shape index (κ1) is 12.5. The van der Waals surface area contributed by atoms with E-state index < -0.39 is 5.60 Å². The highest BCUT2D eigenvalue weighted by Gasteiger charge is 2.16. The van der Waals surface area contributed by atoms with Crippen LogP contribution in [-0.4, -0.2) is 15.7 Å². The Labute approximate surface area is 96.1 Å². The molecule has 88 valence electrons. The highest BCUT2D eigenvalue weighted by atomic mass is 16.3. The molecule has 1 rings (SSSR count). The van der Waals surface area contributed by atoms with Gasteiger partial charge in [-0.3, -0.25) is 0 Å². The number of nitrogens with two attached hydrogens (primary N) is 2. The largest absolute Gasteiger partial charge is 0.398 e. The van der Waals surface area contributed by atoms with Crippen LogP contribution in [0.2, 0.25) is 0 Å². The van der Waals surface area contributed by atoms with E-state index in [0.29, 0.717) is 12.2 Å². The minimum atomic E-state index is -1.05. The van der Waals surface area contributed by atoms with Gasteiger partial charge in [0, 0.05) is 6.20 Å². The molecule has 16 heavy (non-hydrogen) atoms. The molecule has 0 aliphatic rings. The maximum atomic E-state index is 9.63. The van der Waals surface area contributed by atoms with E-state index in [0.717, 1.165) is 5.56 Å². The summed E-state index contributed by atoms with van der Waals surface area (Å²) < 4.78 is 0. The molecular weight excluding hydrogens is 202 g/mol.